The van der Waals surface area contributed by atoms with Gasteiger partial charge in [-0.05, 0) is 17.7 Å². The molecule has 1 atom stereocenters. The Balaban J connectivity index is 1.49. The van der Waals surface area contributed by atoms with Crippen LogP contribution in [0.2, 0.25) is 0 Å². The van der Waals surface area contributed by atoms with Crippen molar-refractivity contribution >= 4 is 25.8 Å². The molecule has 0 N–H and O–H groups in total. The zero-order valence-corrected chi connectivity index (χ0v) is 19.2. The van der Waals surface area contributed by atoms with Crippen molar-refractivity contribution in [2.45, 2.75) is 10.9 Å². The lowest BCUT2D eigenvalue weighted by Crippen LogP contribution is -2.54. The number of carbonyl (C=O) groups is 1. The molecule has 0 saturated carbocycles. The van der Waals surface area contributed by atoms with Crippen molar-refractivity contribution in [3.63, 3.8) is 0 Å². The molecule has 2 saturated heterocycles. The molecule has 1 amide bonds. The molecular weight excluding hydrogens is 452 g/mol. The molecule has 1 unspecified atom stereocenters. The van der Waals surface area contributed by atoms with Crippen molar-refractivity contribution in [2.75, 3.05) is 50.8 Å². The normalized spacial score (nSPS) is 21.2. The molecule has 3 heterocycles. The number of hydrogen-bond acceptors (Lipinski definition) is 7. The Bertz CT molecular complexity index is 1140. The van der Waals surface area contributed by atoms with E-state index in [1.54, 1.807) is 11.0 Å². The van der Waals surface area contributed by atoms with Gasteiger partial charge in [0, 0.05) is 51.7 Å². The van der Waals surface area contributed by atoms with Gasteiger partial charge in [0.15, 0.2) is 9.84 Å². The second-order valence-electron chi connectivity index (χ2n) is 7.92. The number of piperazine rings is 1. The first-order chi connectivity index (χ1) is 15.3. The summed E-state index contributed by atoms with van der Waals surface area (Å²) >= 11 is 0. The summed E-state index contributed by atoms with van der Waals surface area (Å²) in [4.78, 5) is 21.2. The molecule has 4 rings (SSSR count). The van der Waals surface area contributed by atoms with E-state index in [1.165, 1.54) is 22.8 Å². The van der Waals surface area contributed by atoms with E-state index in [2.05, 4.69) is 4.98 Å². The van der Waals surface area contributed by atoms with Gasteiger partial charge in [0.25, 0.3) is 0 Å². The van der Waals surface area contributed by atoms with Crippen molar-refractivity contribution in [2.24, 2.45) is 0 Å². The highest BCUT2D eigenvalue weighted by Gasteiger charge is 2.37. The summed E-state index contributed by atoms with van der Waals surface area (Å²) in [5, 5.41) is 0. The molecule has 0 spiro atoms. The number of rotatable bonds is 5. The van der Waals surface area contributed by atoms with Crippen LogP contribution in [0.15, 0.2) is 59.8 Å². The van der Waals surface area contributed by atoms with Gasteiger partial charge in [0.2, 0.25) is 15.9 Å². The first-order valence-electron chi connectivity index (χ1n) is 10.5. The minimum atomic E-state index is -3.66. The van der Waals surface area contributed by atoms with Gasteiger partial charge in [-0.2, -0.15) is 4.31 Å². The fraction of sp³-hybridized carbons (Fsp3) is 0.429. The van der Waals surface area contributed by atoms with Crippen molar-refractivity contribution in [3.05, 3.63) is 60.4 Å². The van der Waals surface area contributed by atoms with E-state index >= 15 is 0 Å². The second kappa shape index (κ2) is 9.26. The SMILES string of the molecule is O=C(C(c1ccccc1)N1CCS(=O)(=O)CC1)N1CCN(S(=O)(=O)c2cccnc2)CC1. The van der Waals surface area contributed by atoms with Crippen molar-refractivity contribution < 1.29 is 21.6 Å². The second-order valence-corrected chi connectivity index (χ2v) is 12.2. The molecule has 2 fully saturated rings. The molecule has 172 valence electrons. The largest absolute Gasteiger partial charge is 0.338 e. The molecule has 0 bridgehead atoms. The fourth-order valence-electron chi connectivity index (χ4n) is 4.10. The summed E-state index contributed by atoms with van der Waals surface area (Å²) in [5.41, 5.74) is 0.808. The molecular formula is C21H26N4O5S2. The van der Waals surface area contributed by atoms with Crippen molar-refractivity contribution in [3.8, 4) is 0 Å². The van der Waals surface area contributed by atoms with Crippen molar-refractivity contribution in [1.29, 1.82) is 0 Å². The lowest BCUT2D eigenvalue weighted by Gasteiger charge is -2.39. The quantitative estimate of drug-likeness (QED) is 0.612. The molecule has 2 aliphatic rings. The van der Waals surface area contributed by atoms with Gasteiger partial charge < -0.3 is 4.90 Å². The van der Waals surface area contributed by atoms with Crippen LogP contribution in [0, 0.1) is 0 Å². The molecule has 0 aliphatic carbocycles. The predicted octanol–water partition coefficient (Wildman–Crippen LogP) is 0.386. The third kappa shape index (κ3) is 4.85. The molecule has 32 heavy (non-hydrogen) atoms. The highest BCUT2D eigenvalue weighted by atomic mass is 32.2. The fourth-order valence-corrected chi connectivity index (χ4v) is 6.72. The van der Waals surface area contributed by atoms with Crippen LogP contribution in [0.1, 0.15) is 11.6 Å². The Morgan fingerprint density at radius 1 is 0.906 bits per heavy atom. The van der Waals surface area contributed by atoms with Gasteiger partial charge in [0.1, 0.15) is 10.9 Å². The van der Waals surface area contributed by atoms with Crippen LogP contribution >= 0.6 is 0 Å². The smallest absolute Gasteiger partial charge is 0.244 e. The monoisotopic (exact) mass is 478 g/mol. The number of sulfone groups is 1. The van der Waals surface area contributed by atoms with Gasteiger partial charge in [0.05, 0.1) is 11.5 Å². The summed E-state index contributed by atoms with van der Waals surface area (Å²) in [6.45, 7) is 1.52. The Hall–Kier alpha value is -2.34. The maximum absolute atomic E-state index is 13.5. The summed E-state index contributed by atoms with van der Waals surface area (Å²) in [7, 11) is -6.74. The summed E-state index contributed by atoms with van der Waals surface area (Å²) < 4.78 is 50.8. The number of pyridine rings is 1. The Kier molecular flexibility index (Phi) is 6.61. The predicted molar refractivity (Wildman–Crippen MR) is 119 cm³/mol. The van der Waals surface area contributed by atoms with E-state index in [9.17, 15) is 21.6 Å². The Labute approximate surface area is 188 Å². The molecule has 0 radical (unpaired) electrons. The Morgan fingerprint density at radius 3 is 2.16 bits per heavy atom. The average molecular weight is 479 g/mol. The zero-order chi connectivity index (χ0) is 22.8. The number of amides is 1. The minimum absolute atomic E-state index is 0.0285. The van der Waals surface area contributed by atoms with E-state index in [4.69, 9.17) is 0 Å². The lowest BCUT2D eigenvalue weighted by atomic mass is 10.0. The van der Waals surface area contributed by atoms with Gasteiger partial charge in [-0.1, -0.05) is 30.3 Å². The molecule has 1 aromatic carbocycles. The van der Waals surface area contributed by atoms with Gasteiger partial charge in [-0.3, -0.25) is 14.7 Å². The van der Waals surface area contributed by atoms with Crippen LogP contribution in [0.25, 0.3) is 0 Å². The minimum Gasteiger partial charge on any atom is -0.338 e. The molecule has 1 aromatic heterocycles. The van der Waals surface area contributed by atoms with E-state index in [0.29, 0.717) is 13.1 Å². The number of nitrogens with zero attached hydrogens (tertiary/aromatic N) is 4. The number of benzene rings is 1. The third-order valence-electron chi connectivity index (χ3n) is 5.92. The first-order valence-corrected chi connectivity index (χ1v) is 13.7. The highest BCUT2D eigenvalue weighted by Crippen LogP contribution is 2.26. The van der Waals surface area contributed by atoms with E-state index < -0.39 is 25.9 Å². The first kappa shape index (κ1) is 22.8. The Morgan fingerprint density at radius 2 is 1.56 bits per heavy atom. The van der Waals surface area contributed by atoms with Crippen LogP contribution < -0.4 is 0 Å². The maximum Gasteiger partial charge on any atom is 0.244 e. The lowest BCUT2D eigenvalue weighted by molar-refractivity contribution is -0.138. The number of carbonyl (C=O) groups excluding carboxylic acids is 1. The maximum atomic E-state index is 13.5. The van der Waals surface area contributed by atoms with E-state index in [1.807, 2.05) is 35.2 Å². The van der Waals surface area contributed by atoms with Gasteiger partial charge in [-0.25, -0.2) is 16.8 Å². The van der Waals surface area contributed by atoms with Crippen LogP contribution in [-0.4, -0.2) is 92.6 Å². The van der Waals surface area contributed by atoms with E-state index in [0.717, 1.165) is 5.56 Å². The average Bonchev–Trinajstić information content (AvgIpc) is 2.81. The van der Waals surface area contributed by atoms with Crippen LogP contribution in [-0.2, 0) is 24.7 Å². The topological polar surface area (TPSA) is 108 Å². The van der Waals surface area contributed by atoms with Crippen molar-refractivity contribution in [1.82, 2.24) is 19.1 Å². The highest BCUT2D eigenvalue weighted by molar-refractivity contribution is 7.91. The van der Waals surface area contributed by atoms with Gasteiger partial charge in [-0.15, -0.1) is 0 Å². The molecule has 2 aliphatic heterocycles. The molecule has 2 aromatic rings. The number of hydrogen-bond donors (Lipinski definition) is 0. The zero-order valence-electron chi connectivity index (χ0n) is 17.6. The number of aromatic nitrogens is 1. The van der Waals surface area contributed by atoms with Crippen LogP contribution in [0.5, 0.6) is 0 Å². The van der Waals surface area contributed by atoms with E-state index in [-0.39, 0.29) is 48.5 Å². The number of sulfonamides is 1. The van der Waals surface area contributed by atoms with Gasteiger partial charge >= 0.3 is 0 Å². The summed E-state index contributed by atoms with van der Waals surface area (Å²) in [6, 6.07) is 11.8. The standard InChI is InChI=1S/C21H26N4O5S2/c26-21(20(18-5-2-1-3-6-18)23-13-15-31(27,28)16-14-23)24-9-11-25(12-10-24)32(29,30)19-7-4-8-22-17-19/h1-8,17,20H,9-16H2. The molecule has 9 nitrogen and oxygen atoms in total. The van der Waals surface area contributed by atoms with Crippen LogP contribution in [0.3, 0.4) is 0 Å². The molecule has 11 heteroatoms. The van der Waals surface area contributed by atoms with Crippen LogP contribution in [0.4, 0.5) is 0 Å². The summed E-state index contributed by atoms with van der Waals surface area (Å²) in [5.74, 6) is -0.0736. The third-order valence-corrected chi connectivity index (χ3v) is 9.41. The summed E-state index contributed by atoms with van der Waals surface area (Å²) in [6.07, 6.45) is 2.84.